The molecular formula is C16H24N2O2. The average Bonchev–Trinajstić information content (AvgIpc) is 2.41. The number of piperidine rings is 1. The maximum Gasteiger partial charge on any atom is 0.221 e. The van der Waals surface area contributed by atoms with E-state index in [0.717, 1.165) is 37.2 Å². The number of carbonyl (C=O) groups excluding carboxylic acids is 1. The standard InChI is InChI=1S/C16H24N2O2/c1-12(2)18-9-7-15(8-10-18)20-14-5-3-13(4-6-14)11-16(17)19/h3-6,12,15H,7-11H2,1-2H3,(H2,17,19). The van der Waals surface area contributed by atoms with E-state index in [1.165, 1.54) is 0 Å². The van der Waals surface area contributed by atoms with Gasteiger partial charge in [-0.2, -0.15) is 0 Å². The molecule has 1 aliphatic heterocycles. The van der Waals surface area contributed by atoms with Crippen molar-refractivity contribution in [1.29, 1.82) is 0 Å². The fourth-order valence-corrected chi connectivity index (χ4v) is 2.59. The molecule has 0 aliphatic carbocycles. The number of hydrogen-bond acceptors (Lipinski definition) is 3. The molecule has 2 rings (SSSR count). The largest absolute Gasteiger partial charge is 0.490 e. The molecule has 0 saturated carbocycles. The Morgan fingerprint density at radius 3 is 2.40 bits per heavy atom. The Morgan fingerprint density at radius 1 is 1.30 bits per heavy atom. The van der Waals surface area contributed by atoms with Crippen LogP contribution < -0.4 is 10.5 Å². The number of carbonyl (C=O) groups is 1. The second kappa shape index (κ2) is 6.75. The van der Waals surface area contributed by atoms with Crippen LogP contribution in [0, 0.1) is 0 Å². The zero-order valence-corrected chi connectivity index (χ0v) is 12.3. The van der Waals surface area contributed by atoms with Gasteiger partial charge in [-0.1, -0.05) is 12.1 Å². The van der Waals surface area contributed by atoms with Gasteiger partial charge in [-0.05, 0) is 44.4 Å². The SMILES string of the molecule is CC(C)N1CCC(Oc2ccc(CC(N)=O)cc2)CC1. The Hall–Kier alpha value is -1.55. The van der Waals surface area contributed by atoms with Crippen molar-refractivity contribution in [1.82, 2.24) is 4.90 Å². The number of rotatable bonds is 5. The third-order valence-electron chi connectivity index (χ3n) is 3.81. The smallest absolute Gasteiger partial charge is 0.221 e. The monoisotopic (exact) mass is 276 g/mol. The topological polar surface area (TPSA) is 55.6 Å². The molecule has 1 aromatic carbocycles. The Balaban J connectivity index is 1.83. The molecule has 0 spiro atoms. The van der Waals surface area contributed by atoms with Gasteiger partial charge in [-0.15, -0.1) is 0 Å². The minimum absolute atomic E-state index is 0.285. The van der Waals surface area contributed by atoms with Crippen LogP contribution >= 0.6 is 0 Å². The summed E-state index contributed by atoms with van der Waals surface area (Å²) < 4.78 is 6.00. The molecule has 1 aromatic rings. The van der Waals surface area contributed by atoms with E-state index in [1.807, 2.05) is 24.3 Å². The molecule has 110 valence electrons. The van der Waals surface area contributed by atoms with Crippen molar-refractivity contribution in [3.05, 3.63) is 29.8 Å². The van der Waals surface area contributed by atoms with Gasteiger partial charge in [-0.25, -0.2) is 0 Å². The zero-order valence-electron chi connectivity index (χ0n) is 12.3. The average molecular weight is 276 g/mol. The van der Waals surface area contributed by atoms with Crippen LogP contribution in [0.1, 0.15) is 32.3 Å². The lowest BCUT2D eigenvalue weighted by molar-refractivity contribution is -0.117. The van der Waals surface area contributed by atoms with E-state index in [4.69, 9.17) is 10.5 Å². The molecule has 0 unspecified atom stereocenters. The van der Waals surface area contributed by atoms with Crippen LogP contribution in [0.3, 0.4) is 0 Å². The third kappa shape index (κ3) is 4.23. The Bertz CT molecular complexity index is 434. The van der Waals surface area contributed by atoms with Crippen molar-refractivity contribution in [3.63, 3.8) is 0 Å². The summed E-state index contributed by atoms with van der Waals surface area (Å²) in [5.41, 5.74) is 6.10. The van der Waals surface area contributed by atoms with Crippen molar-refractivity contribution in [2.24, 2.45) is 5.73 Å². The van der Waals surface area contributed by atoms with Crippen molar-refractivity contribution < 1.29 is 9.53 Å². The first kappa shape index (κ1) is 14.9. The minimum Gasteiger partial charge on any atom is -0.490 e. The van der Waals surface area contributed by atoms with Gasteiger partial charge < -0.3 is 15.4 Å². The van der Waals surface area contributed by atoms with Crippen LogP contribution in [0.2, 0.25) is 0 Å². The molecule has 0 atom stereocenters. The fourth-order valence-electron chi connectivity index (χ4n) is 2.59. The summed E-state index contributed by atoms with van der Waals surface area (Å²) in [7, 11) is 0. The number of amides is 1. The van der Waals surface area contributed by atoms with Crippen LogP contribution in [-0.4, -0.2) is 36.0 Å². The van der Waals surface area contributed by atoms with Crippen molar-refractivity contribution in [2.75, 3.05) is 13.1 Å². The molecule has 0 aromatic heterocycles. The van der Waals surface area contributed by atoms with E-state index >= 15 is 0 Å². The van der Waals surface area contributed by atoms with E-state index in [1.54, 1.807) is 0 Å². The third-order valence-corrected chi connectivity index (χ3v) is 3.81. The summed E-state index contributed by atoms with van der Waals surface area (Å²) in [5.74, 6) is 0.570. The van der Waals surface area contributed by atoms with E-state index in [2.05, 4.69) is 18.7 Å². The predicted molar refractivity (Wildman–Crippen MR) is 79.7 cm³/mol. The number of nitrogens with zero attached hydrogens (tertiary/aromatic N) is 1. The molecule has 1 saturated heterocycles. The van der Waals surface area contributed by atoms with Crippen molar-refractivity contribution in [2.45, 2.75) is 45.3 Å². The number of hydrogen-bond donors (Lipinski definition) is 1. The highest BCUT2D eigenvalue weighted by molar-refractivity contribution is 5.76. The fraction of sp³-hybridized carbons (Fsp3) is 0.562. The number of ether oxygens (including phenoxy) is 1. The molecule has 20 heavy (non-hydrogen) atoms. The second-order valence-corrected chi connectivity index (χ2v) is 5.73. The van der Waals surface area contributed by atoms with Crippen LogP contribution in [0.4, 0.5) is 0 Å². The van der Waals surface area contributed by atoms with E-state index in [9.17, 15) is 4.79 Å². The molecule has 2 N–H and O–H groups in total. The summed E-state index contributed by atoms with van der Waals surface area (Å²) in [6.45, 7) is 6.67. The number of likely N-dealkylation sites (tertiary alicyclic amines) is 1. The Morgan fingerprint density at radius 2 is 1.90 bits per heavy atom. The lowest BCUT2D eigenvalue weighted by atomic mass is 10.1. The van der Waals surface area contributed by atoms with Crippen molar-refractivity contribution >= 4 is 5.91 Å². The molecule has 1 aliphatic rings. The summed E-state index contributed by atoms with van der Waals surface area (Å²) in [4.78, 5) is 13.3. The quantitative estimate of drug-likeness (QED) is 0.894. The normalized spacial score (nSPS) is 17.4. The van der Waals surface area contributed by atoms with Crippen LogP contribution in [0.15, 0.2) is 24.3 Å². The number of nitrogens with two attached hydrogens (primary N) is 1. The maximum absolute atomic E-state index is 10.8. The zero-order chi connectivity index (χ0) is 14.5. The molecule has 1 amide bonds. The summed E-state index contributed by atoms with van der Waals surface area (Å²) in [5, 5.41) is 0. The number of primary amides is 1. The Labute approximate surface area is 120 Å². The van der Waals surface area contributed by atoms with Gasteiger partial charge in [-0.3, -0.25) is 4.79 Å². The second-order valence-electron chi connectivity index (χ2n) is 5.73. The van der Waals surface area contributed by atoms with E-state index < -0.39 is 0 Å². The summed E-state index contributed by atoms with van der Waals surface area (Å²) in [6, 6.07) is 8.27. The van der Waals surface area contributed by atoms with Crippen molar-refractivity contribution in [3.8, 4) is 5.75 Å². The van der Waals surface area contributed by atoms with Gasteiger partial charge >= 0.3 is 0 Å². The lowest BCUT2D eigenvalue weighted by Crippen LogP contribution is -2.41. The molecule has 4 heteroatoms. The first-order valence-corrected chi connectivity index (χ1v) is 7.32. The van der Waals surface area contributed by atoms with Crippen LogP contribution in [-0.2, 0) is 11.2 Å². The van der Waals surface area contributed by atoms with Gasteiger partial charge in [0.25, 0.3) is 0 Å². The molecule has 1 heterocycles. The van der Waals surface area contributed by atoms with Crippen LogP contribution in [0.5, 0.6) is 5.75 Å². The maximum atomic E-state index is 10.8. The van der Waals surface area contributed by atoms with E-state index in [0.29, 0.717) is 12.1 Å². The summed E-state index contributed by atoms with van der Waals surface area (Å²) in [6.07, 6.45) is 2.72. The molecule has 4 nitrogen and oxygen atoms in total. The van der Waals surface area contributed by atoms with Gasteiger partial charge in [0, 0.05) is 19.1 Å². The molecule has 0 bridgehead atoms. The Kier molecular flexibility index (Phi) is 5.01. The summed E-state index contributed by atoms with van der Waals surface area (Å²) >= 11 is 0. The van der Waals surface area contributed by atoms with Gasteiger partial charge in [0.15, 0.2) is 0 Å². The first-order valence-electron chi connectivity index (χ1n) is 7.32. The van der Waals surface area contributed by atoms with Gasteiger partial charge in [0.1, 0.15) is 11.9 Å². The van der Waals surface area contributed by atoms with Crippen LogP contribution in [0.25, 0.3) is 0 Å². The highest BCUT2D eigenvalue weighted by atomic mass is 16.5. The minimum atomic E-state index is -0.306. The predicted octanol–water partition coefficient (Wildman–Crippen LogP) is 1.97. The number of benzene rings is 1. The molecule has 1 fully saturated rings. The first-order chi connectivity index (χ1) is 9.54. The van der Waals surface area contributed by atoms with Gasteiger partial charge in [0.05, 0.1) is 6.42 Å². The lowest BCUT2D eigenvalue weighted by Gasteiger charge is -2.34. The van der Waals surface area contributed by atoms with Gasteiger partial charge in [0.2, 0.25) is 5.91 Å². The molecule has 0 radical (unpaired) electrons. The van der Waals surface area contributed by atoms with E-state index in [-0.39, 0.29) is 12.3 Å². The highest BCUT2D eigenvalue weighted by Gasteiger charge is 2.21. The molecular weight excluding hydrogens is 252 g/mol. The highest BCUT2D eigenvalue weighted by Crippen LogP contribution is 2.20.